The van der Waals surface area contributed by atoms with Crippen LogP contribution in [0.1, 0.15) is 11.4 Å². The number of halogens is 1. The zero-order valence-corrected chi connectivity index (χ0v) is 16.5. The zero-order chi connectivity index (χ0) is 20.6. The van der Waals surface area contributed by atoms with Crippen LogP contribution in [-0.4, -0.2) is 58.5 Å². The number of hydrogen-bond donors (Lipinski definition) is 3. The smallest absolute Gasteiger partial charge is 0.267 e. The normalized spacial score (nSPS) is 16.4. The summed E-state index contributed by atoms with van der Waals surface area (Å²) in [7, 11) is 0. The SMILES string of the molecule is O=C(/C=C/c1cccc(/C=C/C(O)N2CCN(c3cccc(Cl)c3)CC2)n1)NO. The van der Waals surface area contributed by atoms with Crippen molar-refractivity contribution in [1.29, 1.82) is 0 Å². The molecule has 0 saturated carbocycles. The summed E-state index contributed by atoms with van der Waals surface area (Å²) in [5.41, 5.74) is 3.85. The van der Waals surface area contributed by atoms with Gasteiger partial charge in [0, 0.05) is 43.0 Å². The third-order valence-electron chi connectivity index (χ3n) is 4.61. The van der Waals surface area contributed by atoms with Gasteiger partial charge in [-0.3, -0.25) is 14.9 Å². The van der Waals surface area contributed by atoms with Crippen LogP contribution >= 0.6 is 11.6 Å². The van der Waals surface area contributed by atoms with Crippen LogP contribution in [0.2, 0.25) is 5.02 Å². The lowest BCUT2D eigenvalue weighted by molar-refractivity contribution is -0.124. The van der Waals surface area contributed by atoms with Crippen molar-refractivity contribution in [3.05, 3.63) is 71.0 Å². The van der Waals surface area contributed by atoms with E-state index in [4.69, 9.17) is 16.8 Å². The molecule has 1 aliphatic heterocycles. The molecule has 1 aromatic carbocycles. The zero-order valence-electron chi connectivity index (χ0n) is 15.8. The minimum Gasteiger partial charge on any atom is -0.375 e. The van der Waals surface area contributed by atoms with Gasteiger partial charge in [0.25, 0.3) is 5.91 Å². The average molecular weight is 415 g/mol. The van der Waals surface area contributed by atoms with E-state index in [2.05, 4.69) is 9.88 Å². The van der Waals surface area contributed by atoms with Crippen LogP contribution in [0.15, 0.2) is 54.6 Å². The number of piperazine rings is 1. The molecular weight excluding hydrogens is 392 g/mol. The monoisotopic (exact) mass is 414 g/mol. The molecule has 1 atom stereocenters. The number of hydrogen-bond acceptors (Lipinski definition) is 6. The summed E-state index contributed by atoms with van der Waals surface area (Å²) in [6.07, 6.45) is 5.42. The van der Waals surface area contributed by atoms with Crippen LogP contribution in [0.4, 0.5) is 5.69 Å². The van der Waals surface area contributed by atoms with E-state index in [0.29, 0.717) is 11.4 Å². The number of pyridine rings is 1. The summed E-state index contributed by atoms with van der Waals surface area (Å²) in [6, 6.07) is 13.1. The summed E-state index contributed by atoms with van der Waals surface area (Å²) in [5, 5.41) is 19.7. The van der Waals surface area contributed by atoms with Gasteiger partial charge in [0.2, 0.25) is 0 Å². The van der Waals surface area contributed by atoms with Crippen LogP contribution < -0.4 is 10.4 Å². The summed E-state index contributed by atoms with van der Waals surface area (Å²) >= 11 is 6.07. The molecule has 0 bridgehead atoms. The van der Waals surface area contributed by atoms with Crippen LogP contribution in [0.5, 0.6) is 0 Å². The third-order valence-corrected chi connectivity index (χ3v) is 4.84. The molecule has 3 rings (SSSR count). The van der Waals surface area contributed by atoms with Gasteiger partial charge < -0.3 is 10.0 Å². The molecule has 1 saturated heterocycles. The Morgan fingerprint density at radius 1 is 1.10 bits per heavy atom. The van der Waals surface area contributed by atoms with E-state index >= 15 is 0 Å². The first-order chi connectivity index (χ1) is 14.0. The highest BCUT2D eigenvalue weighted by Gasteiger charge is 2.21. The van der Waals surface area contributed by atoms with Crippen LogP contribution in [0, 0.1) is 0 Å². The standard InChI is InChI=1S/C21H23ClN4O3/c22-16-3-1-6-19(15-16)25-11-13-26(14-12-25)21(28)10-8-18-5-2-4-17(23-18)7-9-20(27)24-29/h1-10,15,21,28-29H,11-14H2,(H,24,27)/b9-7+,10-8+. The number of aromatic nitrogens is 1. The number of nitrogens with one attached hydrogen (secondary N) is 1. The molecule has 7 nitrogen and oxygen atoms in total. The number of carbonyl (C=O) groups is 1. The Labute approximate surface area is 174 Å². The highest BCUT2D eigenvalue weighted by molar-refractivity contribution is 6.30. The molecule has 2 aromatic rings. The molecule has 0 aliphatic carbocycles. The Morgan fingerprint density at radius 2 is 1.79 bits per heavy atom. The van der Waals surface area contributed by atoms with E-state index in [-0.39, 0.29) is 0 Å². The van der Waals surface area contributed by atoms with Gasteiger partial charge in [-0.1, -0.05) is 23.7 Å². The van der Waals surface area contributed by atoms with Gasteiger partial charge in [-0.25, -0.2) is 10.5 Å². The second-order valence-corrected chi connectivity index (χ2v) is 7.01. The Bertz CT molecular complexity index is 895. The average Bonchev–Trinajstić information content (AvgIpc) is 2.76. The summed E-state index contributed by atoms with van der Waals surface area (Å²) < 4.78 is 0. The van der Waals surface area contributed by atoms with Crippen molar-refractivity contribution in [3.63, 3.8) is 0 Å². The molecular formula is C21H23ClN4O3. The van der Waals surface area contributed by atoms with Crippen LogP contribution in [-0.2, 0) is 4.79 Å². The highest BCUT2D eigenvalue weighted by atomic mass is 35.5. The fourth-order valence-electron chi connectivity index (χ4n) is 3.08. The summed E-state index contributed by atoms with van der Waals surface area (Å²) in [5.74, 6) is -0.625. The lowest BCUT2D eigenvalue weighted by atomic mass is 10.2. The number of rotatable bonds is 6. The number of benzene rings is 1. The number of hydroxylamine groups is 1. The Kier molecular flexibility index (Phi) is 7.37. The molecule has 1 fully saturated rings. The van der Waals surface area contributed by atoms with Crippen LogP contribution in [0.3, 0.4) is 0 Å². The van der Waals surface area contributed by atoms with Crippen molar-refractivity contribution in [1.82, 2.24) is 15.4 Å². The Hall–Kier alpha value is -2.71. The first-order valence-electron chi connectivity index (χ1n) is 9.25. The maximum Gasteiger partial charge on any atom is 0.267 e. The second kappa shape index (κ2) is 10.2. The first-order valence-corrected chi connectivity index (χ1v) is 9.63. The van der Waals surface area contributed by atoms with E-state index in [1.165, 1.54) is 17.6 Å². The summed E-state index contributed by atoms with van der Waals surface area (Å²) in [6.45, 7) is 3.06. The molecule has 1 aromatic heterocycles. The van der Waals surface area contributed by atoms with E-state index in [1.54, 1.807) is 24.3 Å². The van der Waals surface area contributed by atoms with E-state index in [9.17, 15) is 9.90 Å². The lowest BCUT2D eigenvalue weighted by Crippen LogP contribution is -2.49. The molecule has 3 N–H and O–H groups in total. The molecule has 0 radical (unpaired) electrons. The predicted octanol–water partition coefficient (Wildman–Crippen LogP) is 2.41. The third kappa shape index (κ3) is 6.13. The van der Waals surface area contributed by atoms with Gasteiger partial charge in [-0.2, -0.15) is 0 Å². The van der Waals surface area contributed by atoms with Gasteiger partial charge in [0.15, 0.2) is 0 Å². The van der Waals surface area contributed by atoms with Crippen molar-refractivity contribution in [2.75, 3.05) is 31.1 Å². The first kappa shape index (κ1) is 21.0. The maximum absolute atomic E-state index is 11.1. The van der Waals surface area contributed by atoms with Gasteiger partial charge in [0.05, 0.1) is 11.4 Å². The highest BCUT2D eigenvalue weighted by Crippen LogP contribution is 2.21. The predicted molar refractivity (Wildman–Crippen MR) is 113 cm³/mol. The quantitative estimate of drug-likeness (QED) is 0.382. The number of amides is 1. The Morgan fingerprint density at radius 3 is 2.48 bits per heavy atom. The number of anilines is 1. The minimum absolute atomic E-state index is 0.570. The molecule has 8 heteroatoms. The number of aliphatic hydroxyl groups excluding tert-OH is 1. The molecule has 1 amide bonds. The van der Waals surface area contributed by atoms with Crippen molar-refractivity contribution in [3.8, 4) is 0 Å². The van der Waals surface area contributed by atoms with Gasteiger partial charge >= 0.3 is 0 Å². The summed E-state index contributed by atoms with van der Waals surface area (Å²) in [4.78, 5) is 19.7. The number of carbonyl (C=O) groups excluding carboxylic acids is 1. The lowest BCUT2D eigenvalue weighted by Gasteiger charge is -2.37. The van der Waals surface area contributed by atoms with E-state index in [0.717, 1.165) is 36.9 Å². The number of nitrogens with zero attached hydrogens (tertiary/aromatic N) is 3. The van der Waals surface area contributed by atoms with Crippen molar-refractivity contribution < 1.29 is 15.1 Å². The van der Waals surface area contributed by atoms with E-state index in [1.807, 2.05) is 35.2 Å². The van der Waals surface area contributed by atoms with Crippen molar-refractivity contribution in [2.45, 2.75) is 6.23 Å². The molecule has 0 spiro atoms. The largest absolute Gasteiger partial charge is 0.375 e. The van der Waals surface area contributed by atoms with Crippen LogP contribution in [0.25, 0.3) is 12.2 Å². The fraction of sp³-hybridized carbons (Fsp3) is 0.238. The minimum atomic E-state index is -0.710. The molecule has 2 heterocycles. The van der Waals surface area contributed by atoms with Crippen molar-refractivity contribution in [2.24, 2.45) is 0 Å². The van der Waals surface area contributed by atoms with Gasteiger partial charge in [0.1, 0.15) is 6.23 Å². The second-order valence-electron chi connectivity index (χ2n) is 6.57. The Balaban J connectivity index is 1.55. The van der Waals surface area contributed by atoms with Gasteiger partial charge in [-0.05, 0) is 48.6 Å². The molecule has 1 unspecified atom stereocenters. The molecule has 1 aliphatic rings. The fourth-order valence-corrected chi connectivity index (χ4v) is 3.26. The number of aliphatic hydroxyl groups is 1. The maximum atomic E-state index is 11.1. The topological polar surface area (TPSA) is 88.9 Å². The molecule has 29 heavy (non-hydrogen) atoms. The van der Waals surface area contributed by atoms with Gasteiger partial charge in [-0.15, -0.1) is 0 Å². The van der Waals surface area contributed by atoms with E-state index < -0.39 is 12.1 Å². The molecule has 152 valence electrons. The van der Waals surface area contributed by atoms with Crippen molar-refractivity contribution >= 4 is 35.3 Å².